The SMILES string of the molecule is COC(=O)c1sc(N2CC[C@@H](NC(=O)c3[nH]c(C)c(Cl)c3Cl)[C@@H](OCc3ccccc3)C2)nc1-c1ncnn1C. The van der Waals surface area contributed by atoms with Gasteiger partial charge in [-0.25, -0.2) is 19.4 Å². The fraction of sp³-hybridized carbons (Fsp3) is 0.346. The summed E-state index contributed by atoms with van der Waals surface area (Å²) in [5.41, 5.74) is 2.24. The predicted octanol–water partition coefficient (Wildman–Crippen LogP) is 4.26. The topological polar surface area (TPSA) is 127 Å². The van der Waals surface area contributed by atoms with Crippen LogP contribution < -0.4 is 10.2 Å². The number of ether oxygens (including phenoxy) is 2. The number of nitrogens with zero attached hydrogens (tertiary/aromatic N) is 5. The number of hydrogen-bond acceptors (Lipinski definition) is 9. The lowest BCUT2D eigenvalue weighted by atomic mass is 10.0. The molecule has 1 aliphatic rings. The summed E-state index contributed by atoms with van der Waals surface area (Å²) >= 11 is 13.7. The number of piperidine rings is 1. The molecule has 3 aromatic heterocycles. The first kappa shape index (κ1) is 28.1. The van der Waals surface area contributed by atoms with E-state index in [0.717, 1.165) is 5.56 Å². The summed E-state index contributed by atoms with van der Waals surface area (Å²) in [5.74, 6) is -0.408. The standard InChI is InChI=1S/C26H27Cl2N7O4S/c1-14-18(27)19(28)20(31-14)24(36)32-16-9-10-35(11-17(16)39-12-15-7-5-4-6-8-15)26-33-21(22(40-26)25(37)38-3)23-29-13-30-34(23)2/h4-8,13,16-17,31H,9-12H2,1-3H3,(H,32,36)/t16-,17+/m1/s1. The fourth-order valence-electron chi connectivity index (χ4n) is 4.51. The van der Waals surface area contributed by atoms with Gasteiger partial charge in [0.05, 0.1) is 35.9 Å². The lowest BCUT2D eigenvalue weighted by Gasteiger charge is -2.38. The first-order chi connectivity index (χ1) is 19.3. The van der Waals surface area contributed by atoms with E-state index >= 15 is 0 Å². The molecule has 4 heterocycles. The summed E-state index contributed by atoms with van der Waals surface area (Å²) in [7, 11) is 3.06. The average Bonchev–Trinajstić information content (AvgIpc) is 3.66. The Morgan fingerprint density at radius 2 is 2.00 bits per heavy atom. The zero-order chi connectivity index (χ0) is 28.4. The van der Waals surface area contributed by atoms with Gasteiger partial charge in [-0.05, 0) is 18.9 Å². The molecule has 14 heteroatoms. The third kappa shape index (κ3) is 5.71. The van der Waals surface area contributed by atoms with Gasteiger partial charge >= 0.3 is 5.97 Å². The molecule has 11 nitrogen and oxygen atoms in total. The Kier molecular flexibility index (Phi) is 8.40. The number of carbonyl (C=O) groups is 2. The summed E-state index contributed by atoms with van der Waals surface area (Å²) < 4.78 is 12.9. The van der Waals surface area contributed by atoms with Crippen molar-refractivity contribution < 1.29 is 19.1 Å². The maximum atomic E-state index is 13.2. The molecular weight excluding hydrogens is 577 g/mol. The van der Waals surface area contributed by atoms with Crippen LogP contribution in [0.5, 0.6) is 0 Å². The molecular formula is C26H27Cl2N7O4S. The molecule has 4 aromatic rings. The molecule has 0 radical (unpaired) electrons. The smallest absolute Gasteiger partial charge is 0.350 e. The quantitative estimate of drug-likeness (QED) is 0.286. The molecule has 1 fully saturated rings. The third-order valence-corrected chi connectivity index (χ3v) is 8.69. The molecule has 1 aliphatic heterocycles. The molecule has 40 heavy (non-hydrogen) atoms. The van der Waals surface area contributed by atoms with Crippen LogP contribution in [0.2, 0.25) is 10.0 Å². The van der Waals surface area contributed by atoms with Gasteiger partial charge in [0.1, 0.15) is 22.6 Å². The van der Waals surface area contributed by atoms with Gasteiger partial charge in [0.2, 0.25) is 0 Å². The number of aromatic amines is 1. The number of H-pyrrole nitrogens is 1. The maximum absolute atomic E-state index is 13.2. The molecule has 1 saturated heterocycles. The average molecular weight is 605 g/mol. The van der Waals surface area contributed by atoms with Crippen LogP contribution in [0, 0.1) is 6.92 Å². The minimum absolute atomic E-state index is 0.185. The zero-order valence-electron chi connectivity index (χ0n) is 22.0. The Hall–Kier alpha value is -3.45. The van der Waals surface area contributed by atoms with E-state index in [1.54, 1.807) is 18.7 Å². The predicted molar refractivity (Wildman–Crippen MR) is 152 cm³/mol. The molecule has 0 spiro atoms. The summed E-state index contributed by atoms with van der Waals surface area (Å²) in [5, 5.41) is 8.30. The monoisotopic (exact) mass is 603 g/mol. The molecule has 2 atom stereocenters. The first-order valence-corrected chi connectivity index (χ1v) is 14.0. The van der Waals surface area contributed by atoms with Gasteiger partial charge in [-0.15, -0.1) is 0 Å². The molecule has 0 aliphatic carbocycles. The highest BCUT2D eigenvalue weighted by Gasteiger charge is 2.35. The van der Waals surface area contributed by atoms with Crippen LogP contribution in [0.4, 0.5) is 5.13 Å². The molecule has 5 rings (SSSR count). The van der Waals surface area contributed by atoms with Crippen molar-refractivity contribution in [2.24, 2.45) is 7.05 Å². The summed E-state index contributed by atoms with van der Waals surface area (Å²) in [4.78, 5) is 40.1. The number of anilines is 1. The van der Waals surface area contributed by atoms with E-state index < -0.39 is 12.1 Å². The number of esters is 1. The molecule has 0 unspecified atom stereocenters. The van der Waals surface area contributed by atoms with E-state index in [4.69, 9.17) is 37.7 Å². The van der Waals surface area contributed by atoms with E-state index in [0.29, 0.717) is 58.4 Å². The van der Waals surface area contributed by atoms with Crippen LogP contribution >= 0.6 is 34.5 Å². The Morgan fingerprint density at radius 1 is 1.23 bits per heavy atom. The lowest BCUT2D eigenvalue weighted by Crippen LogP contribution is -2.55. The van der Waals surface area contributed by atoms with Crippen molar-refractivity contribution in [1.82, 2.24) is 30.0 Å². The first-order valence-electron chi connectivity index (χ1n) is 12.4. The van der Waals surface area contributed by atoms with Gasteiger partial charge in [-0.2, -0.15) is 5.10 Å². The molecule has 0 saturated carbocycles. The van der Waals surface area contributed by atoms with Crippen LogP contribution in [0.25, 0.3) is 11.5 Å². The Balaban J connectivity index is 1.40. The molecule has 1 amide bonds. The van der Waals surface area contributed by atoms with Crippen LogP contribution in [0.1, 0.15) is 37.8 Å². The number of methoxy groups -OCH3 is 1. The van der Waals surface area contributed by atoms with Gasteiger partial charge in [-0.1, -0.05) is 64.9 Å². The largest absolute Gasteiger partial charge is 0.465 e. The summed E-state index contributed by atoms with van der Waals surface area (Å²) in [6.07, 6.45) is 1.57. The van der Waals surface area contributed by atoms with Crippen molar-refractivity contribution in [2.75, 3.05) is 25.1 Å². The van der Waals surface area contributed by atoms with E-state index in [-0.39, 0.29) is 22.7 Å². The normalized spacial score (nSPS) is 17.2. The van der Waals surface area contributed by atoms with Crippen molar-refractivity contribution in [2.45, 2.75) is 32.1 Å². The maximum Gasteiger partial charge on any atom is 0.350 e. The fourth-order valence-corrected chi connectivity index (χ4v) is 5.94. The van der Waals surface area contributed by atoms with Crippen molar-refractivity contribution >= 4 is 51.5 Å². The van der Waals surface area contributed by atoms with Gasteiger partial charge in [0.15, 0.2) is 11.0 Å². The number of benzene rings is 1. The Morgan fingerprint density at radius 3 is 2.65 bits per heavy atom. The number of rotatable bonds is 8. The highest BCUT2D eigenvalue weighted by atomic mass is 35.5. The summed E-state index contributed by atoms with van der Waals surface area (Å²) in [6, 6.07) is 9.48. The Labute approximate surface area is 244 Å². The summed E-state index contributed by atoms with van der Waals surface area (Å²) in [6.45, 7) is 3.08. The Bertz CT molecular complexity index is 1520. The second-order valence-electron chi connectivity index (χ2n) is 9.28. The van der Waals surface area contributed by atoms with Crippen LogP contribution in [-0.4, -0.2) is 69.0 Å². The second-order valence-corrected chi connectivity index (χ2v) is 11.0. The van der Waals surface area contributed by atoms with Gasteiger partial charge < -0.3 is 24.7 Å². The van der Waals surface area contributed by atoms with E-state index in [9.17, 15) is 9.59 Å². The van der Waals surface area contributed by atoms with Crippen LogP contribution in [0.15, 0.2) is 36.7 Å². The molecule has 2 N–H and O–H groups in total. The van der Waals surface area contributed by atoms with Gasteiger partial charge in [0.25, 0.3) is 5.91 Å². The highest BCUT2D eigenvalue weighted by Crippen LogP contribution is 2.35. The van der Waals surface area contributed by atoms with Crippen LogP contribution in [0.3, 0.4) is 0 Å². The number of carbonyl (C=O) groups excluding carboxylic acids is 2. The van der Waals surface area contributed by atoms with E-state index in [1.165, 1.54) is 24.8 Å². The van der Waals surface area contributed by atoms with Crippen molar-refractivity contribution in [3.05, 3.63) is 68.5 Å². The lowest BCUT2D eigenvalue weighted by molar-refractivity contribution is 0.00967. The number of aryl methyl sites for hydroxylation is 2. The number of halogens is 2. The molecule has 1 aromatic carbocycles. The zero-order valence-corrected chi connectivity index (χ0v) is 24.3. The minimum Gasteiger partial charge on any atom is -0.465 e. The van der Waals surface area contributed by atoms with Gasteiger partial charge in [-0.3, -0.25) is 4.79 Å². The number of thiazole rings is 1. The van der Waals surface area contributed by atoms with Gasteiger partial charge in [0, 0.05) is 25.8 Å². The number of nitrogens with one attached hydrogen (secondary N) is 2. The second kappa shape index (κ2) is 12.0. The van der Waals surface area contributed by atoms with Crippen molar-refractivity contribution in [3.63, 3.8) is 0 Å². The van der Waals surface area contributed by atoms with Crippen LogP contribution in [-0.2, 0) is 23.1 Å². The number of amides is 1. The molecule has 0 bridgehead atoms. The highest BCUT2D eigenvalue weighted by molar-refractivity contribution is 7.17. The number of hydrogen-bond donors (Lipinski definition) is 2. The third-order valence-electron chi connectivity index (χ3n) is 6.64. The van der Waals surface area contributed by atoms with E-state index in [2.05, 4.69) is 20.4 Å². The number of aromatic nitrogens is 5. The molecule has 210 valence electrons. The van der Waals surface area contributed by atoms with Crippen molar-refractivity contribution in [3.8, 4) is 11.5 Å². The van der Waals surface area contributed by atoms with E-state index in [1.807, 2.05) is 35.2 Å². The van der Waals surface area contributed by atoms with Crippen molar-refractivity contribution in [1.29, 1.82) is 0 Å². The minimum atomic E-state index is -0.502.